The van der Waals surface area contributed by atoms with Crippen LogP contribution in [0.5, 0.6) is 0 Å². The molecule has 110 valence electrons. The molecule has 0 spiro atoms. The minimum absolute atomic E-state index is 0.00556. The van der Waals surface area contributed by atoms with Crippen molar-refractivity contribution < 1.29 is 9.59 Å². The molecule has 0 saturated heterocycles. The van der Waals surface area contributed by atoms with Gasteiger partial charge in [0.05, 0.1) is 6.54 Å². The van der Waals surface area contributed by atoms with Gasteiger partial charge in [-0.3, -0.25) is 9.59 Å². The molecule has 1 rings (SSSR count). The number of carbonyl (C=O) groups is 2. The number of nitrogens with two attached hydrogens (primary N) is 1. The molecular weight excluding hydrogens is 242 g/mol. The van der Waals surface area contributed by atoms with E-state index in [-0.39, 0.29) is 24.3 Å². The first-order valence-electron chi connectivity index (χ1n) is 7.37. The van der Waals surface area contributed by atoms with Crippen LogP contribution in [0.4, 0.5) is 0 Å². The molecule has 1 aliphatic rings. The van der Waals surface area contributed by atoms with E-state index in [4.69, 9.17) is 5.73 Å². The van der Waals surface area contributed by atoms with E-state index in [1.165, 1.54) is 0 Å². The van der Waals surface area contributed by atoms with Gasteiger partial charge in [-0.25, -0.2) is 0 Å². The van der Waals surface area contributed by atoms with Crippen molar-refractivity contribution in [3.05, 3.63) is 0 Å². The summed E-state index contributed by atoms with van der Waals surface area (Å²) in [6, 6.07) is 0. The first-order valence-corrected chi connectivity index (χ1v) is 7.37. The van der Waals surface area contributed by atoms with Crippen LogP contribution < -0.4 is 11.1 Å². The highest BCUT2D eigenvalue weighted by atomic mass is 16.2. The highest BCUT2D eigenvalue weighted by Crippen LogP contribution is 2.27. The maximum atomic E-state index is 12.0. The first kappa shape index (κ1) is 16.0. The van der Waals surface area contributed by atoms with Crippen LogP contribution in [0.3, 0.4) is 0 Å². The lowest BCUT2D eigenvalue weighted by Crippen LogP contribution is -2.42. The summed E-state index contributed by atoms with van der Waals surface area (Å²) in [7, 11) is 0. The zero-order chi connectivity index (χ0) is 14.3. The molecular formula is C14H27N3O2. The molecule has 0 aliphatic heterocycles. The fraction of sp³-hybridized carbons (Fsp3) is 0.857. The Balaban J connectivity index is 2.30. The van der Waals surface area contributed by atoms with Gasteiger partial charge >= 0.3 is 0 Å². The van der Waals surface area contributed by atoms with Crippen molar-refractivity contribution in [3.8, 4) is 0 Å². The van der Waals surface area contributed by atoms with Crippen molar-refractivity contribution >= 4 is 11.8 Å². The number of nitrogens with zero attached hydrogens (tertiary/aromatic N) is 1. The number of likely N-dealkylation sites (N-methyl/N-ethyl adjacent to an activating group) is 1. The summed E-state index contributed by atoms with van der Waals surface area (Å²) in [5, 5.41) is 2.77. The van der Waals surface area contributed by atoms with Crippen molar-refractivity contribution in [2.24, 2.45) is 17.6 Å². The smallest absolute Gasteiger partial charge is 0.241 e. The van der Waals surface area contributed by atoms with Crippen molar-refractivity contribution in [1.82, 2.24) is 10.2 Å². The van der Waals surface area contributed by atoms with Gasteiger partial charge in [-0.05, 0) is 52.0 Å². The minimum Gasteiger partial charge on any atom is -0.347 e. The minimum atomic E-state index is -0.00556. The standard InChI is InChI=1S/C14H27N3O2/c1-3-17(4-2)13(18)10-16-14(19)12-7-5-11(9-15)6-8-12/h11-12H,3-10,15H2,1-2H3,(H,16,19). The molecule has 0 aromatic carbocycles. The number of rotatable bonds is 6. The van der Waals surface area contributed by atoms with E-state index in [9.17, 15) is 9.59 Å². The summed E-state index contributed by atoms with van der Waals surface area (Å²) in [6.45, 7) is 6.10. The summed E-state index contributed by atoms with van der Waals surface area (Å²) in [5.74, 6) is 0.652. The van der Waals surface area contributed by atoms with E-state index >= 15 is 0 Å². The van der Waals surface area contributed by atoms with Gasteiger partial charge in [-0.2, -0.15) is 0 Å². The molecule has 1 saturated carbocycles. The summed E-state index contributed by atoms with van der Waals surface area (Å²) in [5.41, 5.74) is 5.64. The third kappa shape index (κ3) is 4.82. The third-order valence-electron chi connectivity index (χ3n) is 4.08. The zero-order valence-electron chi connectivity index (χ0n) is 12.2. The number of nitrogens with one attached hydrogen (secondary N) is 1. The van der Waals surface area contributed by atoms with Crippen molar-refractivity contribution in [1.29, 1.82) is 0 Å². The van der Waals surface area contributed by atoms with E-state index in [0.29, 0.717) is 19.0 Å². The predicted octanol–water partition coefficient (Wildman–Crippen LogP) is 0.736. The molecule has 1 fully saturated rings. The predicted molar refractivity (Wildman–Crippen MR) is 75.4 cm³/mol. The second-order valence-corrected chi connectivity index (χ2v) is 5.24. The van der Waals surface area contributed by atoms with Crippen LogP contribution >= 0.6 is 0 Å². The molecule has 0 atom stereocenters. The Morgan fingerprint density at radius 1 is 1.16 bits per heavy atom. The van der Waals surface area contributed by atoms with Gasteiger partial charge in [0.15, 0.2) is 0 Å². The molecule has 19 heavy (non-hydrogen) atoms. The van der Waals surface area contributed by atoms with Crippen molar-refractivity contribution in [3.63, 3.8) is 0 Å². The van der Waals surface area contributed by atoms with Gasteiger partial charge in [0, 0.05) is 19.0 Å². The molecule has 5 nitrogen and oxygen atoms in total. The topological polar surface area (TPSA) is 75.4 Å². The lowest BCUT2D eigenvalue weighted by Gasteiger charge is -2.27. The number of carbonyl (C=O) groups excluding carboxylic acids is 2. The maximum absolute atomic E-state index is 12.0. The molecule has 2 amide bonds. The van der Waals surface area contributed by atoms with Crippen LogP contribution in [0, 0.1) is 11.8 Å². The zero-order valence-corrected chi connectivity index (χ0v) is 12.2. The summed E-state index contributed by atoms with van der Waals surface area (Å²) in [4.78, 5) is 25.5. The van der Waals surface area contributed by atoms with E-state index in [1.807, 2.05) is 13.8 Å². The molecule has 0 bridgehead atoms. The van der Waals surface area contributed by atoms with Crippen LogP contribution in [-0.2, 0) is 9.59 Å². The lowest BCUT2D eigenvalue weighted by molar-refractivity contribution is -0.134. The molecule has 0 radical (unpaired) electrons. The van der Waals surface area contributed by atoms with E-state index in [0.717, 1.165) is 32.2 Å². The summed E-state index contributed by atoms with van der Waals surface area (Å²) >= 11 is 0. The summed E-state index contributed by atoms with van der Waals surface area (Å²) in [6.07, 6.45) is 3.84. The van der Waals surface area contributed by atoms with Gasteiger partial charge < -0.3 is 16.0 Å². The third-order valence-corrected chi connectivity index (χ3v) is 4.08. The second kappa shape index (κ2) is 8.15. The molecule has 0 unspecified atom stereocenters. The van der Waals surface area contributed by atoms with Crippen LogP contribution in [0.2, 0.25) is 0 Å². The SMILES string of the molecule is CCN(CC)C(=O)CNC(=O)C1CCC(CN)CC1. The second-order valence-electron chi connectivity index (χ2n) is 5.24. The number of hydrogen-bond donors (Lipinski definition) is 2. The Morgan fingerprint density at radius 3 is 2.21 bits per heavy atom. The maximum Gasteiger partial charge on any atom is 0.241 e. The largest absolute Gasteiger partial charge is 0.347 e. The van der Waals surface area contributed by atoms with Crippen LogP contribution in [0.1, 0.15) is 39.5 Å². The highest BCUT2D eigenvalue weighted by molar-refractivity contribution is 5.85. The molecule has 0 aromatic rings. The average Bonchev–Trinajstić information content (AvgIpc) is 2.46. The Kier molecular flexibility index (Phi) is 6.84. The Labute approximate surface area is 115 Å². The molecule has 1 aliphatic carbocycles. The molecule has 0 heterocycles. The van der Waals surface area contributed by atoms with Gasteiger partial charge in [0.1, 0.15) is 0 Å². The normalized spacial score (nSPS) is 22.9. The monoisotopic (exact) mass is 269 g/mol. The van der Waals surface area contributed by atoms with E-state index in [2.05, 4.69) is 5.32 Å². The number of hydrogen-bond acceptors (Lipinski definition) is 3. The highest BCUT2D eigenvalue weighted by Gasteiger charge is 2.25. The average molecular weight is 269 g/mol. The van der Waals surface area contributed by atoms with E-state index in [1.54, 1.807) is 4.90 Å². The van der Waals surface area contributed by atoms with Crippen LogP contribution in [0.15, 0.2) is 0 Å². The van der Waals surface area contributed by atoms with E-state index < -0.39 is 0 Å². The van der Waals surface area contributed by atoms with Crippen LogP contribution in [-0.4, -0.2) is 42.9 Å². The Morgan fingerprint density at radius 2 is 1.74 bits per heavy atom. The van der Waals surface area contributed by atoms with Crippen molar-refractivity contribution in [2.45, 2.75) is 39.5 Å². The van der Waals surface area contributed by atoms with Gasteiger partial charge in [-0.15, -0.1) is 0 Å². The van der Waals surface area contributed by atoms with Crippen molar-refractivity contribution in [2.75, 3.05) is 26.2 Å². The fourth-order valence-corrected chi connectivity index (χ4v) is 2.66. The van der Waals surface area contributed by atoms with Gasteiger partial charge in [0.25, 0.3) is 0 Å². The van der Waals surface area contributed by atoms with Gasteiger partial charge in [0.2, 0.25) is 11.8 Å². The summed E-state index contributed by atoms with van der Waals surface area (Å²) < 4.78 is 0. The van der Waals surface area contributed by atoms with Gasteiger partial charge in [-0.1, -0.05) is 0 Å². The van der Waals surface area contributed by atoms with Crippen LogP contribution in [0.25, 0.3) is 0 Å². The molecule has 3 N–H and O–H groups in total. The first-order chi connectivity index (χ1) is 9.12. The lowest BCUT2D eigenvalue weighted by atomic mass is 9.81. The Hall–Kier alpha value is -1.10. The molecule has 0 aromatic heterocycles. The number of amides is 2. The molecule has 5 heteroatoms. The fourth-order valence-electron chi connectivity index (χ4n) is 2.66. The quantitative estimate of drug-likeness (QED) is 0.746. The Bertz CT molecular complexity index is 295.